The molecule has 1 aromatic rings. The van der Waals surface area contributed by atoms with Gasteiger partial charge >= 0.3 is 12.3 Å². The number of ether oxygens (including phenoxy) is 1. The van der Waals surface area contributed by atoms with Crippen molar-refractivity contribution in [3.63, 3.8) is 0 Å². The van der Waals surface area contributed by atoms with Gasteiger partial charge < -0.3 is 9.39 Å². The lowest BCUT2D eigenvalue weighted by molar-refractivity contribution is -0.141. The Bertz CT molecular complexity index is 650. The minimum atomic E-state index is -0.143. The van der Waals surface area contributed by atoms with Crippen LogP contribution in [0.1, 0.15) is 24.8 Å². The van der Waals surface area contributed by atoms with Gasteiger partial charge in [0.25, 0.3) is 0 Å². The predicted molar refractivity (Wildman–Crippen MR) is 105 cm³/mol. The van der Waals surface area contributed by atoms with Crippen molar-refractivity contribution in [1.82, 2.24) is 0 Å². The Morgan fingerprint density at radius 2 is 2.08 bits per heavy atom. The summed E-state index contributed by atoms with van der Waals surface area (Å²) in [5, 5.41) is 0. The van der Waals surface area contributed by atoms with E-state index in [0.29, 0.717) is 19.3 Å². The highest BCUT2D eigenvalue weighted by atomic mass is 31.1. The van der Waals surface area contributed by atoms with Crippen molar-refractivity contribution < 1.29 is 19.0 Å². The normalized spacial score (nSPS) is 28.2. The molecule has 132 valence electrons. The Morgan fingerprint density at radius 3 is 2.80 bits per heavy atom. The van der Waals surface area contributed by atoms with Crippen molar-refractivity contribution in [3.05, 3.63) is 48.0 Å². The summed E-state index contributed by atoms with van der Waals surface area (Å²) >= 11 is 0. The molecule has 25 heavy (non-hydrogen) atoms. The third-order valence-corrected chi connectivity index (χ3v) is 5.20. The molecule has 3 unspecified atom stereocenters. The van der Waals surface area contributed by atoms with Crippen molar-refractivity contribution in [2.75, 3.05) is 0 Å². The molecule has 0 amide bonds. The summed E-state index contributed by atoms with van der Waals surface area (Å²) in [6, 6.07) is 9.99. The molecule has 1 aliphatic carbocycles. The molecule has 1 aliphatic heterocycles. The molecule has 1 saturated carbocycles. The minimum absolute atomic E-state index is 0.0266. The van der Waals surface area contributed by atoms with E-state index in [1.165, 1.54) is 0 Å². The number of aryl methyl sites for hydroxylation is 1. The smallest absolute Gasteiger partial charge is 0.336 e. The van der Waals surface area contributed by atoms with E-state index in [1.54, 1.807) is 6.08 Å². The molecular weight excluding hydrogens is 353 g/mol. The van der Waals surface area contributed by atoms with Crippen LogP contribution < -0.4 is 0 Å². The summed E-state index contributed by atoms with van der Waals surface area (Å²) < 4.78 is 11.3. The van der Waals surface area contributed by atoms with Crippen LogP contribution in [0.5, 0.6) is 0 Å². The summed E-state index contributed by atoms with van der Waals surface area (Å²) in [6.07, 6.45) is 5.77. The topological polar surface area (TPSA) is 52.6 Å². The summed E-state index contributed by atoms with van der Waals surface area (Å²) in [5.74, 6) is 0.116. The average molecular weight is 376 g/mol. The van der Waals surface area contributed by atoms with E-state index >= 15 is 0 Å². The second-order valence-electron chi connectivity index (χ2n) is 6.66. The molecule has 0 N–H and O–H groups in total. The van der Waals surface area contributed by atoms with Gasteiger partial charge in [-0.2, -0.15) is 0 Å². The Labute approximate surface area is 153 Å². The van der Waals surface area contributed by atoms with Crippen LogP contribution in [0.4, 0.5) is 0 Å². The van der Waals surface area contributed by atoms with Gasteiger partial charge in [-0.25, -0.2) is 0 Å². The molecule has 1 heterocycles. The number of hydrogen-bond donors (Lipinski definition) is 0. The fraction of sp³-hybridized carbons (Fsp3) is 0.444. The molecule has 0 radical (unpaired) electrons. The number of ketones is 1. The molecule has 0 bridgehead atoms. The monoisotopic (exact) mass is 376 g/mol. The van der Waals surface area contributed by atoms with E-state index in [1.807, 2.05) is 36.4 Å². The Balaban J connectivity index is 1.60. The third kappa shape index (κ3) is 5.00. The van der Waals surface area contributed by atoms with Gasteiger partial charge in [0, 0.05) is 24.7 Å². The predicted octanol–water partition coefficient (Wildman–Crippen LogP) is 2.82. The first-order valence-corrected chi connectivity index (χ1v) is 9.97. The number of carbonyl (C=O) groups is 2. The largest absolute Gasteiger partial charge is 0.462 e. The Kier molecular flexibility index (Phi) is 6.44. The van der Waals surface area contributed by atoms with Gasteiger partial charge in [0.15, 0.2) is 5.78 Å². The molecule has 6 atom stereocenters. The van der Waals surface area contributed by atoms with Crippen LogP contribution in [0.25, 0.3) is 0 Å². The van der Waals surface area contributed by atoms with E-state index in [4.69, 9.17) is 9.39 Å². The van der Waals surface area contributed by atoms with Crippen molar-refractivity contribution >= 4 is 36.3 Å². The van der Waals surface area contributed by atoms with Crippen molar-refractivity contribution in [2.45, 2.75) is 37.9 Å². The average Bonchev–Trinajstić information content (AvgIpc) is 3.07. The van der Waals surface area contributed by atoms with E-state index in [-0.39, 0.29) is 42.2 Å². The van der Waals surface area contributed by atoms with Gasteiger partial charge in [0.2, 0.25) is 0 Å². The van der Waals surface area contributed by atoms with Crippen LogP contribution in [0.3, 0.4) is 0 Å². The summed E-state index contributed by atoms with van der Waals surface area (Å²) in [4.78, 5) is 23.8. The zero-order valence-electron chi connectivity index (χ0n) is 14.0. The summed E-state index contributed by atoms with van der Waals surface area (Å²) in [5.41, 5.74) is 1.16. The molecule has 1 saturated heterocycles. The standard InChI is InChI=1S/C18H23BO4P2/c20-13(7-6-12-4-2-1-3-5-12)8-9-14-15-10-18(21)22-16(15)11-17(14)23-19(24)25/h1-5,8-9,14-17H,6-7,10-11,24-25H2/t14-,15-,16?,17-/m1/s1. The quantitative estimate of drug-likeness (QED) is 0.318. The number of hydrogen-bond acceptors (Lipinski definition) is 4. The first-order valence-electron chi connectivity index (χ1n) is 8.64. The number of esters is 1. The van der Waals surface area contributed by atoms with Gasteiger partial charge in [-0.15, -0.1) is 18.2 Å². The van der Waals surface area contributed by atoms with E-state index < -0.39 is 0 Å². The summed E-state index contributed by atoms with van der Waals surface area (Å²) in [7, 11) is 5.19. The van der Waals surface area contributed by atoms with Crippen molar-refractivity contribution in [1.29, 1.82) is 0 Å². The molecule has 4 nitrogen and oxygen atoms in total. The van der Waals surface area contributed by atoms with Crippen LogP contribution in [-0.4, -0.2) is 30.3 Å². The van der Waals surface area contributed by atoms with Crippen LogP contribution in [-0.2, 0) is 25.4 Å². The maximum absolute atomic E-state index is 12.2. The van der Waals surface area contributed by atoms with Gasteiger partial charge in [0.1, 0.15) is 6.10 Å². The second kappa shape index (κ2) is 8.58. The van der Waals surface area contributed by atoms with E-state index in [0.717, 1.165) is 12.0 Å². The Morgan fingerprint density at radius 1 is 1.32 bits per heavy atom. The summed E-state index contributed by atoms with van der Waals surface area (Å²) in [6.45, 7) is 0. The first kappa shape index (κ1) is 18.8. The van der Waals surface area contributed by atoms with Crippen LogP contribution in [0.2, 0.25) is 0 Å². The lowest BCUT2D eigenvalue weighted by Crippen LogP contribution is -2.24. The fourth-order valence-corrected chi connectivity index (χ4v) is 4.13. The van der Waals surface area contributed by atoms with Crippen LogP contribution in [0.15, 0.2) is 42.5 Å². The molecule has 1 aromatic carbocycles. The highest BCUT2D eigenvalue weighted by molar-refractivity contribution is 7.92. The molecule has 3 rings (SSSR count). The lowest BCUT2D eigenvalue weighted by atomic mass is 9.91. The van der Waals surface area contributed by atoms with Crippen molar-refractivity contribution in [2.24, 2.45) is 11.8 Å². The van der Waals surface area contributed by atoms with E-state index in [2.05, 4.69) is 18.2 Å². The van der Waals surface area contributed by atoms with Crippen molar-refractivity contribution in [3.8, 4) is 0 Å². The third-order valence-electron chi connectivity index (χ3n) is 4.89. The highest BCUT2D eigenvalue weighted by Crippen LogP contribution is 2.44. The lowest BCUT2D eigenvalue weighted by Gasteiger charge is -2.21. The minimum Gasteiger partial charge on any atom is -0.462 e. The van der Waals surface area contributed by atoms with Gasteiger partial charge in [0.05, 0.1) is 12.5 Å². The Hall–Kier alpha value is -1.02. The number of fused-ring (bicyclic) bond motifs is 1. The van der Waals surface area contributed by atoms with Gasteiger partial charge in [-0.3, -0.25) is 9.59 Å². The van der Waals surface area contributed by atoms with Gasteiger partial charge in [-0.05, 0) is 18.1 Å². The maximum Gasteiger partial charge on any atom is 0.336 e. The van der Waals surface area contributed by atoms with Gasteiger partial charge in [-0.1, -0.05) is 36.4 Å². The second-order valence-corrected chi connectivity index (χ2v) is 8.74. The molecule has 2 aliphatic rings. The first-order chi connectivity index (χ1) is 12.0. The fourth-order valence-electron chi connectivity index (χ4n) is 3.73. The molecular formula is C18H23BO4P2. The van der Waals surface area contributed by atoms with E-state index in [9.17, 15) is 9.59 Å². The van der Waals surface area contributed by atoms with Crippen LogP contribution in [0, 0.1) is 11.8 Å². The number of allylic oxidation sites excluding steroid dienone is 1. The maximum atomic E-state index is 12.2. The molecule has 0 aromatic heterocycles. The molecule has 2 fully saturated rings. The number of rotatable bonds is 7. The molecule has 7 heteroatoms. The van der Waals surface area contributed by atoms with Crippen LogP contribution >= 0.6 is 18.2 Å². The zero-order chi connectivity index (χ0) is 17.8. The number of carbonyl (C=O) groups excluding carboxylic acids is 2. The zero-order valence-corrected chi connectivity index (χ0v) is 16.4. The number of benzene rings is 1. The molecule has 0 spiro atoms. The highest BCUT2D eigenvalue weighted by Gasteiger charge is 2.49. The SMILES string of the molecule is O=C(C=C[C@H]1[C@H](OB(P)P)CC2OC(=O)C[C@@H]21)CCc1ccccc1.